The molecule has 4 nitrogen and oxygen atoms in total. The Morgan fingerprint density at radius 2 is 1.86 bits per heavy atom. The van der Waals surface area contributed by atoms with Gasteiger partial charge in [-0.05, 0) is 25.5 Å². The van der Waals surface area contributed by atoms with Crippen LogP contribution in [0.15, 0.2) is 6.07 Å². The van der Waals surface area contributed by atoms with Crippen molar-refractivity contribution in [2.75, 3.05) is 7.11 Å². The number of carbonyl (C=O) groups excluding carboxylic acids is 1. The number of aryl methyl sites for hydroxylation is 1. The Morgan fingerprint density at radius 3 is 2.36 bits per heavy atom. The van der Waals surface area contributed by atoms with Crippen LogP contribution in [0.5, 0.6) is 11.5 Å². The number of phenolic OH excluding ortho intramolecular Hbond substituents is 2. The molecule has 4 heteroatoms. The molecule has 0 aromatic heterocycles. The zero-order valence-corrected chi connectivity index (χ0v) is 8.29. The first-order chi connectivity index (χ1) is 6.49. The van der Waals surface area contributed by atoms with Crippen molar-refractivity contribution in [1.29, 1.82) is 0 Å². The maximum absolute atomic E-state index is 11.2. The molecule has 0 saturated carbocycles. The van der Waals surface area contributed by atoms with E-state index in [9.17, 15) is 15.0 Å². The minimum absolute atomic E-state index is 0.199. The normalized spacial score (nSPS) is 9.93. The molecule has 1 aromatic carbocycles. The number of phenols is 2. The highest BCUT2D eigenvalue weighted by atomic mass is 16.5. The smallest absolute Gasteiger partial charge is 0.338 e. The third-order valence-electron chi connectivity index (χ3n) is 2.12. The summed E-state index contributed by atoms with van der Waals surface area (Å²) in [5.74, 6) is -0.999. The Bertz CT molecular complexity index is 382. The van der Waals surface area contributed by atoms with Crippen LogP contribution < -0.4 is 0 Å². The Hall–Kier alpha value is -1.71. The van der Waals surface area contributed by atoms with Crippen LogP contribution in [-0.2, 0) is 4.74 Å². The van der Waals surface area contributed by atoms with Crippen molar-refractivity contribution in [3.8, 4) is 11.5 Å². The predicted octanol–water partition coefficient (Wildman–Crippen LogP) is 1.50. The molecule has 2 N–H and O–H groups in total. The lowest BCUT2D eigenvalue weighted by molar-refractivity contribution is 0.0599. The summed E-state index contributed by atoms with van der Waals surface area (Å²) in [5.41, 5.74) is 1.02. The van der Waals surface area contributed by atoms with Gasteiger partial charge >= 0.3 is 5.97 Å². The fraction of sp³-hybridized carbons (Fsp3) is 0.300. The summed E-state index contributed by atoms with van der Waals surface area (Å²) in [5, 5.41) is 18.8. The molecular formula is C10H12O4. The van der Waals surface area contributed by atoms with Crippen molar-refractivity contribution in [3.05, 3.63) is 22.8 Å². The van der Waals surface area contributed by atoms with Crippen LogP contribution >= 0.6 is 0 Å². The Labute approximate surface area is 81.8 Å². The van der Waals surface area contributed by atoms with E-state index in [1.165, 1.54) is 13.2 Å². The first-order valence-corrected chi connectivity index (χ1v) is 4.09. The van der Waals surface area contributed by atoms with E-state index in [2.05, 4.69) is 4.74 Å². The third kappa shape index (κ3) is 1.51. The van der Waals surface area contributed by atoms with Gasteiger partial charge in [0.1, 0.15) is 0 Å². The largest absolute Gasteiger partial charge is 0.504 e. The second kappa shape index (κ2) is 3.57. The second-order valence-electron chi connectivity index (χ2n) is 3.05. The van der Waals surface area contributed by atoms with Gasteiger partial charge in [0, 0.05) is 5.56 Å². The molecule has 0 spiro atoms. The fourth-order valence-corrected chi connectivity index (χ4v) is 1.21. The zero-order chi connectivity index (χ0) is 10.9. The fourth-order valence-electron chi connectivity index (χ4n) is 1.21. The minimum Gasteiger partial charge on any atom is -0.504 e. The van der Waals surface area contributed by atoms with Gasteiger partial charge in [0.25, 0.3) is 0 Å². The molecule has 0 heterocycles. The van der Waals surface area contributed by atoms with Gasteiger partial charge in [-0.25, -0.2) is 4.79 Å². The highest BCUT2D eigenvalue weighted by Crippen LogP contribution is 2.34. The molecule has 0 saturated heterocycles. The van der Waals surface area contributed by atoms with Crippen molar-refractivity contribution in [2.45, 2.75) is 13.8 Å². The van der Waals surface area contributed by atoms with Crippen LogP contribution in [0.2, 0.25) is 0 Å². The van der Waals surface area contributed by atoms with Crippen LogP contribution in [0.3, 0.4) is 0 Å². The summed E-state index contributed by atoms with van der Waals surface area (Å²) in [7, 11) is 1.26. The van der Waals surface area contributed by atoms with Crippen molar-refractivity contribution >= 4 is 5.97 Å². The monoisotopic (exact) mass is 196 g/mol. The standard InChI is InChI=1S/C10H12O4/c1-5-4-7(10(13)14-3)6(2)9(12)8(5)11/h4,11-12H,1-3H3. The van der Waals surface area contributed by atoms with Crippen molar-refractivity contribution < 1.29 is 19.7 Å². The van der Waals surface area contributed by atoms with Gasteiger partial charge in [-0.2, -0.15) is 0 Å². The van der Waals surface area contributed by atoms with Gasteiger partial charge in [0.15, 0.2) is 11.5 Å². The summed E-state index contributed by atoms with van der Waals surface area (Å²) in [6.07, 6.45) is 0. The van der Waals surface area contributed by atoms with E-state index in [1.807, 2.05) is 0 Å². The number of aromatic hydroxyl groups is 2. The van der Waals surface area contributed by atoms with E-state index in [4.69, 9.17) is 0 Å². The molecular weight excluding hydrogens is 184 g/mol. The average molecular weight is 196 g/mol. The topological polar surface area (TPSA) is 66.8 Å². The molecule has 14 heavy (non-hydrogen) atoms. The molecule has 0 amide bonds. The second-order valence-corrected chi connectivity index (χ2v) is 3.05. The van der Waals surface area contributed by atoms with E-state index in [0.717, 1.165) is 0 Å². The minimum atomic E-state index is -0.527. The van der Waals surface area contributed by atoms with E-state index in [-0.39, 0.29) is 17.1 Å². The number of benzene rings is 1. The van der Waals surface area contributed by atoms with E-state index < -0.39 is 5.97 Å². The van der Waals surface area contributed by atoms with Crippen LogP contribution in [0.4, 0.5) is 0 Å². The molecule has 0 aliphatic carbocycles. The molecule has 0 bridgehead atoms. The lowest BCUT2D eigenvalue weighted by Crippen LogP contribution is -2.04. The van der Waals surface area contributed by atoms with Crippen molar-refractivity contribution in [1.82, 2.24) is 0 Å². The lowest BCUT2D eigenvalue weighted by Gasteiger charge is -2.09. The highest BCUT2D eigenvalue weighted by molar-refractivity contribution is 5.92. The van der Waals surface area contributed by atoms with Gasteiger partial charge in [-0.3, -0.25) is 0 Å². The van der Waals surface area contributed by atoms with Crippen LogP contribution in [-0.4, -0.2) is 23.3 Å². The molecule has 1 rings (SSSR count). The SMILES string of the molecule is COC(=O)c1cc(C)c(O)c(O)c1C. The number of rotatable bonds is 1. The number of ether oxygens (including phenoxy) is 1. The third-order valence-corrected chi connectivity index (χ3v) is 2.12. The number of methoxy groups -OCH3 is 1. The first kappa shape index (κ1) is 10.4. The van der Waals surface area contributed by atoms with E-state index in [1.54, 1.807) is 13.8 Å². The average Bonchev–Trinajstić information content (AvgIpc) is 2.19. The summed E-state index contributed by atoms with van der Waals surface area (Å²) < 4.78 is 4.54. The summed E-state index contributed by atoms with van der Waals surface area (Å²) in [6, 6.07) is 1.48. The number of esters is 1. The molecule has 0 fully saturated rings. The Kier molecular flexibility index (Phi) is 2.65. The van der Waals surface area contributed by atoms with Crippen LogP contribution in [0.1, 0.15) is 21.5 Å². The van der Waals surface area contributed by atoms with E-state index in [0.29, 0.717) is 11.1 Å². The summed E-state index contributed by atoms with van der Waals surface area (Å²) in [6.45, 7) is 3.14. The predicted molar refractivity (Wildman–Crippen MR) is 50.6 cm³/mol. The van der Waals surface area contributed by atoms with Crippen LogP contribution in [0.25, 0.3) is 0 Å². The Balaban J connectivity index is 3.40. The Morgan fingerprint density at radius 1 is 1.29 bits per heavy atom. The summed E-state index contributed by atoms with van der Waals surface area (Å²) >= 11 is 0. The number of carbonyl (C=O) groups is 1. The number of hydrogen-bond acceptors (Lipinski definition) is 4. The molecule has 0 unspecified atom stereocenters. The van der Waals surface area contributed by atoms with Gasteiger partial charge < -0.3 is 14.9 Å². The van der Waals surface area contributed by atoms with Gasteiger partial charge in [0.2, 0.25) is 0 Å². The van der Waals surface area contributed by atoms with Crippen molar-refractivity contribution in [2.24, 2.45) is 0 Å². The first-order valence-electron chi connectivity index (χ1n) is 4.09. The molecule has 1 aromatic rings. The molecule has 0 aliphatic heterocycles. The molecule has 0 radical (unpaired) electrons. The van der Waals surface area contributed by atoms with Crippen LogP contribution in [0, 0.1) is 13.8 Å². The zero-order valence-electron chi connectivity index (χ0n) is 8.29. The maximum Gasteiger partial charge on any atom is 0.338 e. The lowest BCUT2D eigenvalue weighted by atomic mass is 10.0. The van der Waals surface area contributed by atoms with E-state index >= 15 is 0 Å². The maximum atomic E-state index is 11.2. The van der Waals surface area contributed by atoms with Gasteiger partial charge in [0.05, 0.1) is 12.7 Å². The number of hydrogen-bond donors (Lipinski definition) is 2. The molecule has 76 valence electrons. The summed E-state index contributed by atoms with van der Waals surface area (Å²) in [4.78, 5) is 11.2. The van der Waals surface area contributed by atoms with Gasteiger partial charge in [-0.15, -0.1) is 0 Å². The molecule has 0 aliphatic rings. The quantitative estimate of drug-likeness (QED) is 0.527. The van der Waals surface area contributed by atoms with Crippen molar-refractivity contribution in [3.63, 3.8) is 0 Å². The molecule has 0 atom stereocenters. The van der Waals surface area contributed by atoms with Gasteiger partial charge in [-0.1, -0.05) is 0 Å². The highest BCUT2D eigenvalue weighted by Gasteiger charge is 2.16.